The molecule has 0 saturated heterocycles. The van der Waals surface area contributed by atoms with Crippen LogP contribution in [0.5, 0.6) is 0 Å². The van der Waals surface area contributed by atoms with E-state index in [1.54, 1.807) is 30.3 Å². The molecular formula is C23H15N3O6. The van der Waals surface area contributed by atoms with E-state index < -0.39 is 30.3 Å². The van der Waals surface area contributed by atoms with Gasteiger partial charge in [0.05, 0.1) is 41.1 Å². The van der Waals surface area contributed by atoms with Crippen LogP contribution in [0.25, 0.3) is 0 Å². The zero-order valence-electron chi connectivity index (χ0n) is 16.5. The third-order valence-electron chi connectivity index (χ3n) is 4.71. The Balaban J connectivity index is 1.40. The van der Waals surface area contributed by atoms with E-state index in [1.165, 1.54) is 30.5 Å². The summed E-state index contributed by atoms with van der Waals surface area (Å²) in [5.41, 5.74) is 1.05. The molecule has 0 saturated carbocycles. The molecule has 1 aliphatic rings. The Labute approximate surface area is 181 Å². The molecule has 0 atom stereocenters. The number of nitriles is 1. The number of imide groups is 1. The van der Waals surface area contributed by atoms with Gasteiger partial charge in [0, 0.05) is 5.69 Å². The molecule has 3 aromatic rings. The summed E-state index contributed by atoms with van der Waals surface area (Å²) in [5, 5.41) is 11.4. The van der Waals surface area contributed by atoms with E-state index in [-0.39, 0.29) is 23.2 Å². The Morgan fingerprint density at radius 2 is 1.84 bits per heavy atom. The summed E-state index contributed by atoms with van der Waals surface area (Å²) in [6, 6.07) is 15.5. The Bertz CT molecular complexity index is 1270. The summed E-state index contributed by atoms with van der Waals surface area (Å²) in [6.45, 7) is -0.587. The van der Waals surface area contributed by atoms with Gasteiger partial charge in [0.2, 0.25) is 0 Å². The number of hydrogen-bond acceptors (Lipinski definition) is 7. The highest BCUT2D eigenvalue weighted by molar-refractivity contribution is 6.21. The van der Waals surface area contributed by atoms with Crippen LogP contribution in [-0.4, -0.2) is 35.2 Å². The van der Waals surface area contributed by atoms with Gasteiger partial charge >= 0.3 is 5.97 Å². The molecule has 158 valence electrons. The van der Waals surface area contributed by atoms with Crippen molar-refractivity contribution >= 4 is 29.4 Å². The Hall–Kier alpha value is -4.71. The summed E-state index contributed by atoms with van der Waals surface area (Å²) in [4.78, 5) is 50.6. The highest BCUT2D eigenvalue weighted by atomic mass is 16.5. The lowest BCUT2D eigenvalue weighted by atomic mass is 10.1. The molecule has 0 unspecified atom stereocenters. The summed E-state index contributed by atoms with van der Waals surface area (Å²) < 4.78 is 10.2. The van der Waals surface area contributed by atoms with Gasteiger partial charge < -0.3 is 14.5 Å². The number of esters is 1. The number of fused-ring (bicyclic) bond motifs is 1. The van der Waals surface area contributed by atoms with Crippen LogP contribution in [0.15, 0.2) is 65.3 Å². The largest absolute Gasteiger partial charge is 0.467 e. The first-order valence-corrected chi connectivity index (χ1v) is 9.46. The van der Waals surface area contributed by atoms with Crippen molar-refractivity contribution in [3.8, 4) is 6.07 Å². The number of amides is 3. The highest BCUT2D eigenvalue weighted by Gasteiger charge is 2.36. The van der Waals surface area contributed by atoms with Crippen molar-refractivity contribution in [2.75, 3.05) is 11.9 Å². The van der Waals surface area contributed by atoms with E-state index in [4.69, 9.17) is 14.4 Å². The third-order valence-corrected chi connectivity index (χ3v) is 4.71. The monoisotopic (exact) mass is 429 g/mol. The predicted octanol–water partition coefficient (Wildman–Crippen LogP) is 2.74. The molecular weight excluding hydrogens is 414 g/mol. The zero-order chi connectivity index (χ0) is 22.7. The molecule has 1 N–H and O–H groups in total. The second-order valence-corrected chi connectivity index (χ2v) is 6.85. The number of carbonyl (C=O) groups excluding carboxylic acids is 4. The lowest BCUT2D eigenvalue weighted by Gasteiger charge is -2.11. The van der Waals surface area contributed by atoms with Gasteiger partial charge in [-0.25, -0.2) is 4.79 Å². The molecule has 32 heavy (non-hydrogen) atoms. The predicted molar refractivity (Wildman–Crippen MR) is 109 cm³/mol. The fraction of sp³-hybridized carbons (Fsp3) is 0.0870. The number of rotatable bonds is 6. The normalized spacial score (nSPS) is 12.3. The van der Waals surface area contributed by atoms with Gasteiger partial charge in [0.1, 0.15) is 5.76 Å². The molecule has 0 spiro atoms. The molecule has 4 rings (SSSR count). The van der Waals surface area contributed by atoms with Crippen molar-refractivity contribution in [3.05, 3.63) is 88.9 Å². The van der Waals surface area contributed by atoms with Gasteiger partial charge in [-0.2, -0.15) is 5.26 Å². The third kappa shape index (κ3) is 4.11. The molecule has 0 aliphatic carbocycles. The molecule has 3 amide bonds. The number of benzene rings is 2. The van der Waals surface area contributed by atoms with Crippen molar-refractivity contribution in [1.29, 1.82) is 5.26 Å². The molecule has 0 bridgehead atoms. The first-order valence-electron chi connectivity index (χ1n) is 9.46. The maximum atomic E-state index is 12.7. The smallest absolute Gasteiger partial charge is 0.338 e. The minimum atomic E-state index is -0.821. The lowest BCUT2D eigenvalue weighted by molar-refractivity contribution is -0.119. The number of nitrogens with one attached hydrogen (secondary N) is 1. The van der Waals surface area contributed by atoms with Crippen LogP contribution >= 0.6 is 0 Å². The highest BCUT2D eigenvalue weighted by Crippen LogP contribution is 2.26. The molecule has 0 radical (unpaired) electrons. The van der Waals surface area contributed by atoms with Crippen LogP contribution in [0.4, 0.5) is 5.69 Å². The molecule has 1 aromatic heterocycles. The van der Waals surface area contributed by atoms with Gasteiger partial charge in [-0.1, -0.05) is 6.07 Å². The quantitative estimate of drug-likeness (QED) is 0.471. The second-order valence-electron chi connectivity index (χ2n) is 6.85. The SMILES string of the molecule is N#Cc1cccc(NC(=O)COC(=O)c2ccc3c(c2)C(=O)N(Cc2ccco2)C3=O)c1. The number of carbonyl (C=O) groups is 4. The van der Waals surface area contributed by atoms with Crippen molar-refractivity contribution in [3.63, 3.8) is 0 Å². The van der Waals surface area contributed by atoms with E-state index in [9.17, 15) is 19.2 Å². The zero-order valence-corrected chi connectivity index (χ0v) is 16.5. The second kappa shape index (κ2) is 8.57. The van der Waals surface area contributed by atoms with Gasteiger partial charge in [0.15, 0.2) is 6.61 Å². The van der Waals surface area contributed by atoms with Crippen molar-refractivity contribution < 1.29 is 28.3 Å². The molecule has 9 heteroatoms. The minimum absolute atomic E-state index is 0.0215. The van der Waals surface area contributed by atoms with Gasteiger partial charge in [0.25, 0.3) is 17.7 Å². The van der Waals surface area contributed by atoms with Crippen molar-refractivity contribution in [2.45, 2.75) is 6.54 Å². The Kier molecular flexibility index (Phi) is 5.51. The lowest BCUT2D eigenvalue weighted by Crippen LogP contribution is -2.28. The van der Waals surface area contributed by atoms with Gasteiger partial charge in [-0.15, -0.1) is 0 Å². The fourth-order valence-electron chi connectivity index (χ4n) is 3.20. The number of anilines is 1. The standard InChI is InChI=1S/C23H15N3O6/c24-11-14-3-1-4-16(9-14)25-20(27)13-32-23(30)15-6-7-18-19(10-15)22(29)26(21(18)28)12-17-5-2-8-31-17/h1-10H,12-13H2,(H,25,27). The maximum absolute atomic E-state index is 12.7. The van der Waals surface area contributed by atoms with Crippen LogP contribution in [0.2, 0.25) is 0 Å². The van der Waals surface area contributed by atoms with E-state index in [0.717, 1.165) is 4.90 Å². The average molecular weight is 429 g/mol. The summed E-state index contributed by atoms with van der Waals surface area (Å²) in [7, 11) is 0. The van der Waals surface area contributed by atoms with Crippen molar-refractivity contribution in [2.24, 2.45) is 0 Å². The van der Waals surface area contributed by atoms with Crippen LogP contribution in [0, 0.1) is 11.3 Å². The van der Waals surface area contributed by atoms with E-state index in [2.05, 4.69) is 5.32 Å². The van der Waals surface area contributed by atoms with Crippen LogP contribution in [0.1, 0.15) is 42.4 Å². The number of hydrogen-bond donors (Lipinski definition) is 1. The number of nitrogens with zero attached hydrogens (tertiary/aromatic N) is 2. The fourth-order valence-corrected chi connectivity index (χ4v) is 3.20. The van der Waals surface area contributed by atoms with Gasteiger partial charge in [-0.05, 0) is 48.5 Å². The summed E-state index contributed by atoms with van der Waals surface area (Å²) >= 11 is 0. The summed E-state index contributed by atoms with van der Waals surface area (Å²) in [6.07, 6.45) is 1.44. The molecule has 1 aliphatic heterocycles. The molecule has 9 nitrogen and oxygen atoms in total. The van der Waals surface area contributed by atoms with E-state index in [1.807, 2.05) is 6.07 Å². The van der Waals surface area contributed by atoms with Crippen LogP contribution < -0.4 is 5.32 Å². The van der Waals surface area contributed by atoms with Crippen molar-refractivity contribution in [1.82, 2.24) is 4.90 Å². The minimum Gasteiger partial charge on any atom is -0.467 e. The number of furan rings is 1. The maximum Gasteiger partial charge on any atom is 0.338 e. The Morgan fingerprint density at radius 1 is 1.03 bits per heavy atom. The summed E-state index contributed by atoms with van der Waals surface area (Å²) in [5.74, 6) is -2.00. The molecule has 0 fully saturated rings. The molecule has 2 aromatic carbocycles. The first kappa shape index (κ1) is 20.6. The average Bonchev–Trinajstić information content (AvgIpc) is 3.40. The molecule has 2 heterocycles. The Morgan fingerprint density at radius 3 is 2.59 bits per heavy atom. The van der Waals surface area contributed by atoms with E-state index in [0.29, 0.717) is 17.0 Å². The van der Waals surface area contributed by atoms with Gasteiger partial charge in [-0.3, -0.25) is 19.3 Å². The first-order chi connectivity index (χ1) is 15.5. The topological polar surface area (TPSA) is 130 Å². The van der Waals surface area contributed by atoms with Crippen LogP contribution in [-0.2, 0) is 16.1 Å². The van der Waals surface area contributed by atoms with E-state index >= 15 is 0 Å². The van der Waals surface area contributed by atoms with Crippen LogP contribution in [0.3, 0.4) is 0 Å². The number of ether oxygens (including phenoxy) is 1.